The number of pyridine rings is 1. The summed E-state index contributed by atoms with van der Waals surface area (Å²) in [6.07, 6.45) is 1.74. The van der Waals surface area contributed by atoms with Crippen molar-refractivity contribution >= 4 is 27.7 Å². The molecule has 19 heavy (non-hydrogen) atoms. The van der Waals surface area contributed by atoms with Gasteiger partial charge in [-0.3, -0.25) is 4.79 Å². The average Bonchev–Trinajstić information content (AvgIpc) is 2.57. The maximum absolute atomic E-state index is 12.4. The van der Waals surface area contributed by atoms with E-state index in [1.54, 1.807) is 6.20 Å². The first-order chi connectivity index (χ1) is 8.90. The van der Waals surface area contributed by atoms with Crippen LogP contribution in [0.15, 0.2) is 16.7 Å². The number of nitrogens with one attached hydrogen (secondary N) is 1. The summed E-state index contributed by atoms with van der Waals surface area (Å²) in [6.45, 7) is 7.94. The summed E-state index contributed by atoms with van der Waals surface area (Å²) < 4.78 is 6.61. The Morgan fingerprint density at radius 3 is 2.58 bits per heavy atom. The Morgan fingerprint density at radius 2 is 2.05 bits per heavy atom. The molecule has 0 spiro atoms. The number of halogens is 1. The molecule has 0 saturated carbocycles. The molecule has 4 atom stereocenters. The molecule has 1 amide bonds. The molecule has 2 heterocycles. The van der Waals surface area contributed by atoms with E-state index in [1.807, 2.05) is 26.8 Å². The molecule has 5 heteroatoms. The lowest BCUT2D eigenvalue weighted by atomic mass is 9.89. The van der Waals surface area contributed by atoms with Crippen molar-refractivity contribution in [2.24, 2.45) is 11.8 Å². The molecule has 2 rings (SSSR count). The lowest BCUT2D eigenvalue weighted by Gasteiger charge is -2.18. The molecule has 1 N–H and O–H groups in total. The third-order valence-electron chi connectivity index (χ3n) is 3.83. The molecular formula is C14H19BrN2O2. The maximum atomic E-state index is 12.4. The van der Waals surface area contributed by atoms with Gasteiger partial charge < -0.3 is 10.1 Å². The number of hydrogen-bond donors (Lipinski definition) is 1. The highest BCUT2D eigenvalue weighted by Gasteiger charge is 2.41. The normalized spacial score (nSPS) is 30.4. The number of carbonyl (C=O) groups excluding carboxylic acids is 1. The van der Waals surface area contributed by atoms with E-state index in [-0.39, 0.29) is 30.0 Å². The van der Waals surface area contributed by atoms with E-state index in [0.717, 1.165) is 10.0 Å². The van der Waals surface area contributed by atoms with Gasteiger partial charge in [0.15, 0.2) is 0 Å². The van der Waals surface area contributed by atoms with Gasteiger partial charge in [0.25, 0.3) is 0 Å². The zero-order valence-electron chi connectivity index (χ0n) is 11.6. The molecule has 104 valence electrons. The second-order valence-electron chi connectivity index (χ2n) is 5.24. The molecule has 1 aliphatic heterocycles. The van der Waals surface area contributed by atoms with Crippen molar-refractivity contribution in [3.63, 3.8) is 0 Å². The molecule has 1 aromatic rings. The summed E-state index contributed by atoms with van der Waals surface area (Å²) in [5, 5.41) is 2.91. The summed E-state index contributed by atoms with van der Waals surface area (Å²) in [6, 6.07) is 1.93. The van der Waals surface area contributed by atoms with Crippen LogP contribution < -0.4 is 5.32 Å². The second kappa shape index (κ2) is 5.59. The van der Waals surface area contributed by atoms with E-state index in [2.05, 4.69) is 33.2 Å². The van der Waals surface area contributed by atoms with Crippen LogP contribution in [0, 0.1) is 18.8 Å². The van der Waals surface area contributed by atoms with Gasteiger partial charge in [0.1, 0.15) is 5.82 Å². The van der Waals surface area contributed by atoms with Crippen molar-refractivity contribution in [1.82, 2.24) is 4.98 Å². The molecule has 0 aliphatic carbocycles. The van der Waals surface area contributed by atoms with Crippen LogP contribution in [0.5, 0.6) is 0 Å². The molecule has 0 bridgehead atoms. The smallest absolute Gasteiger partial charge is 0.231 e. The van der Waals surface area contributed by atoms with Crippen LogP contribution >= 0.6 is 15.9 Å². The van der Waals surface area contributed by atoms with Gasteiger partial charge in [0, 0.05) is 10.7 Å². The number of aryl methyl sites for hydroxylation is 1. The van der Waals surface area contributed by atoms with Gasteiger partial charge >= 0.3 is 0 Å². The summed E-state index contributed by atoms with van der Waals surface area (Å²) in [5.74, 6) is 0.694. The first-order valence-corrected chi connectivity index (χ1v) is 7.28. The minimum absolute atomic E-state index is 0.0118. The second-order valence-corrected chi connectivity index (χ2v) is 6.16. The highest BCUT2D eigenvalue weighted by atomic mass is 79.9. The van der Waals surface area contributed by atoms with E-state index in [1.165, 1.54) is 0 Å². The first kappa shape index (κ1) is 14.5. The van der Waals surface area contributed by atoms with Gasteiger partial charge in [0.05, 0.1) is 18.1 Å². The monoisotopic (exact) mass is 326 g/mol. The van der Waals surface area contributed by atoms with Crippen molar-refractivity contribution in [1.29, 1.82) is 0 Å². The molecule has 1 fully saturated rings. The van der Waals surface area contributed by atoms with Crippen LogP contribution in [-0.4, -0.2) is 23.1 Å². The van der Waals surface area contributed by atoms with Gasteiger partial charge in [-0.2, -0.15) is 0 Å². The zero-order chi connectivity index (χ0) is 14.2. The highest BCUT2D eigenvalue weighted by molar-refractivity contribution is 9.10. The fourth-order valence-corrected chi connectivity index (χ4v) is 3.04. The predicted octanol–water partition coefficient (Wildman–Crippen LogP) is 3.15. The predicted molar refractivity (Wildman–Crippen MR) is 78.0 cm³/mol. The van der Waals surface area contributed by atoms with E-state index >= 15 is 0 Å². The Kier molecular flexibility index (Phi) is 4.26. The van der Waals surface area contributed by atoms with Gasteiger partial charge in [0.2, 0.25) is 5.91 Å². The minimum Gasteiger partial charge on any atom is -0.374 e. The Bertz CT molecular complexity index is 492. The van der Waals surface area contributed by atoms with Gasteiger partial charge in [-0.15, -0.1) is 0 Å². The lowest BCUT2D eigenvalue weighted by molar-refractivity contribution is -0.122. The average molecular weight is 327 g/mol. The van der Waals surface area contributed by atoms with E-state index in [4.69, 9.17) is 4.74 Å². The van der Waals surface area contributed by atoms with Gasteiger partial charge in [-0.05, 0) is 54.2 Å². The number of nitrogens with zero attached hydrogens (tertiary/aromatic N) is 1. The Balaban J connectivity index is 2.13. The molecular weight excluding hydrogens is 308 g/mol. The largest absolute Gasteiger partial charge is 0.374 e. The number of hydrogen-bond acceptors (Lipinski definition) is 3. The van der Waals surface area contributed by atoms with Crippen LogP contribution in [-0.2, 0) is 9.53 Å². The topological polar surface area (TPSA) is 51.2 Å². The molecule has 1 aliphatic rings. The third kappa shape index (κ3) is 2.98. The van der Waals surface area contributed by atoms with Crippen LogP contribution in [0.3, 0.4) is 0 Å². The molecule has 4 nitrogen and oxygen atoms in total. The van der Waals surface area contributed by atoms with Crippen molar-refractivity contribution in [2.75, 3.05) is 5.32 Å². The zero-order valence-corrected chi connectivity index (χ0v) is 13.2. The van der Waals surface area contributed by atoms with E-state index in [9.17, 15) is 4.79 Å². The fourth-order valence-electron chi connectivity index (χ4n) is 2.59. The third-order valence-corrected chi connectivity index (χ3v) is 4.26. The molecule has 0 aromatic carbocycles. The number of carbonyl (C=O) groups is 1. The molecule has 1 saturated heterocycles. The van der Waals surface area contributed by atoms with Gasteiger partial charge in [-0.1, -0.05) is 6.92 Å². The standard InChI is InChI=1S/C14H19BrN2O2/c1-7-5-11(15)6-16-13(7)17-14(18)12-8(2)9(3)19-10(12)4/h5-6,8-10,12H,1-4H3,(H,16,17,18). The minimum atomic E-state index is -0.125. The Hall–Kier alpha value is -0.940. The summed E-state index contributed by atoms with van der Waals surface area (Å²) in [4.78, 5) is 16.6. The van der Waals surface area contributed by atoms with E-state index in [0.29, 0.717) is 5.82 Å². The lowest BCUT2D eigenvalue weighted by Crippen LogP contribution is -2.32. The van der Waals surface area contributed by atoms with Crippen molar-refractivity contribution in [2.45, 2.75) is 39.9 Å². The summed E-state index contributed by atoms with van der Waals surface area (Å²) in [5.41, 5.74) is 0.940. The number of ether oxygens (including phenoxy) is 1. The van der Waals surface area contributed by atoms with Crippen LogP contribution in [0.1, 0.15) is 26.3 Å². The first-order valence-electron chi connectivity index (χ1n) is 6.48. The molecule has 0 radical (unpaired) electrons. The Morgan fingerprint density at radius 1 is 1.37 bits per heavy atom. The number of anilines is 1. The quantitative estimate of drug-likeness (QED) is 0.908. The van der Waals surface area contributed by atoms with Crippen LogP contribution in [0.2, 0.25) is 0 Å². The van der Waals surface area contributed by atoms with Crippen molar-refractivity contribution in [3.8, 4) is 0 Å². The van der Waals surface area contributed by atoms with Crippen LogP contribution in [0.25, 0.3) is 0 Å². The van der Waals surface area contributed by atoms with Crippen molar-refractivity contribution in [3.05, 3.63) is 22.3 Å². The number of amides is 1. The fraction of sp³-hybridized carbons (Fsp3) is 0.571. The SMILES string of the molecule is Cc1cc(Br)cnc1NC(=O)C1C(C)OC(C)C1C. The summed E-state index contributed by atoms with van der Waals surface area (Å²) >= 11 is 3.36. The van der Waals surface area contributed by atoms with E-state index < -0.39 is 0 Å². The Labute approximate surface area is 122 Å². The summed E-state index contributed by atoms with van der Waals surface area (Å²) in [7, 11) is 0. The number of aromatic nitrogens is 1. The number of rotatable bonds is 2. The highest BCUT2D eigenvalue weighted by Crippen LogP contribution is 2.33. The van der Waals surface area contributed by atoms with Gasteiger partial charge in [-0.25, -0.2) is 4.98 Å². The van der Waals surface area contributed by atoms with Crippen molar-refractivity contribution < 1.29 is 9.53 Å². The molecule has 4 unspecified atom stereocenters. The van der Waals surface area contributed by atoms with Crippen LogP contribution in [0.4, 0.5) is 5.82 Å². The molecule has 1 aromatic heterocycles. The maximum Gasteiger partial charge on any atom is 0.231 e.